The molecule has 170 valence electrons. The van der Waals surface area contributed by atoms with E-state index in [1.54, 1.807) is 56.7 Å². The molecule has 32 heavy (non-hydrogen) atoms. The SMILES string of the molecule is Cc1nc(S(=O)(=O)N(Cc2ccc(Cl)cc2)c2ccc(F)c(C(=O)NC(C)C)c2)cn1C. The predicted octanol–water partition coefficient (Wildman–Crippen LogP) is 4.05. The van der Waals surface area contributed by atoms with E-state index in [4.69, 9.17) is 11.6 Å². The second-order valence-electron chi connectivity index (χ2n) is 7.67. The van der Waals surface area contributed by atoms with Crippen molar-refractivity contribution < 1.29 is 17.6 Å². The summed E-state index contributed by atoms with van der Waals surface area (Å²) < 4.78 is 44.2. The quantitative estimate of drug-likeness (QED) is 0.555. The minimum atomic E-state index is -4.13. The molecule has 0 radical (unpaired) electrons. The van der Waals surface area contributed by atoms with Crippen LogP contribution in [0.5, 0.6) is 0 Å². The van der Waals surface area contributed by atoms with Crippen LogP contribution in [-0.2, 0) is 23.6 Å². The molecular formula is C22H24ClFN4O3S. The fraction of sp³-hybridized carbons (Fsp3) is 0.273. The Labute approximate surface area is 191 Å². The van der Waals surface area contributed by atoms with Gasteiger partial charge in [0.2, 0.25) is 0 Å². The molecule has 0 saturated heterocycles. The standard InChI is InChI=1S/C22H24ClFN4O3S/c1-14(2)25-22(29)19-11-18(9-10-20(19)24)28(12-16-5-7-17(23)8-6-16)32(30,31)21-13-27(4)15(3)26-21/h5-11,13-14H,12H2,1-4H3,(H,25,29). The first-order valence-corrected chi connectivity index (χ1v) is 11.7. The summed E-state index contributed by atoms with van der Waals surface area (Å²) >= 11 is 5.95. The molecule has 1 heterocycles. The molecule has 0 aliphatic rings. The van der Waals surface area contributed by atoms with Gasteiger partial charge in [-0.1, -0.05) is 23.7 Å². The smallest absolute Gasteiger partial charge is 0.283 e. The van der Waals surface area contributed by atoms with Gasteiger partial charge in [-0.3, -0.25) is 9.10 Å². The zero-order chi connectivity index (χ0) is 23.6. The normalized spacial score (nSPS) is 11.6. The Kier molecular flexibility index (Phi) is 6.90. The lowest BCUT2D eigenvalue weighted by molar-refractivity contribution is 0.0939. The Morgan fingerprint density at radius 2 is 1.88 bits per heavy atom. The maximum absolute atomic E-state index is 14.4. The van der Waals surface area contributed by atoms with Crippen LogP contribution in [0.3, 0.4) is 0 Å². The van der Waals surface area contributed by atoms with Gasteiger partial charge in [0.25, 0.3) is 15.9 Å². The highest BCUT2D eigenvalue weighted by Gasteiger charge is 2.29. The summed E-state index contributed by atoms with van der Waals surface area (Å²) in [6, 6.07) is 10.1. The van der Waals surface area contributed by atoms with Gasteiger partial charge in [0.1, 0.15) is 11.6 Å². The molecule has 0 spiro atoms. The van der Waals surface area contributed by atoms with Crippen LogP contribution < -0.4 is 9.62 Å². The number of nitrogens with zero attached hydrogens (tertiary/aromatic N) is 3. The van der Waals surface area contributed by atoms with Crippen molar-refractivity contribution in [2.75, 3.05) is 4.31 Å². The molecular weight excluding hydrogens is 455 g/mol. The van der Waals surface area contributed by atoms with Gasteiger partial charge < -0.3 is 9.88 Å². The van der Waals surface area contributed by atoms with Crippen LogP contribution in [-0.4, -0.2) is 29.9 Å². The number of anilines is 1. The van der Waals surface area contributed by atoms with E-state index in [0.29, 0.717) is 16.4 Å². The number of aromatic nitrogens is 2. The monoisotopic (exact) mass is 478 g/mol. The number of hydrogen-bond donors (Lipinski definition) is 1. The topological polar surface area (TPSA) is 84.3 Å². The molecule has 7 nitrogen and oxygen atoms in total. The molecule has 0 aliphatic heterocycles. The van der Waals surface area contributed by atoms with Crippen LogP contribution in [0.2, 0.25) is 5.02 Å². The van der Waals surface area contributed by atoms with Crippen LogP contribution in [0.4, 0.5) is 10.1 Å². The Morgan fingerprint density at radius 1 is 1.22 bits per heavy atom. The maximum atomic E-state index is 14.4. The molecule has 0 aliphatic carbocycles. The summed E-state index contributed by atoms with van der Waals surface area (Å²) in [4.78, 5) is 16.6. The van der Waals surface area contributed by atoms with Gasteiger partial charge in [-0.15, -0.1) is 0 Å². The number of aryl methyl sites for hydroxylation is 2. The zero-order valence-electron chi connectivity index (χ0n) is 18.1. The second kappa shape index (κ2) is 9.30. The summed E-state index contributed by atoms with van der Waals surface area (Å²) in [5.74, 6) is -0.854. The van der Waals surface area contributed by atoms with Crippen molar-refractivity contribution in [3.05, 3.63) is 76.5 Å². The first kappa shape index (κ1) is 23.7. The lowest BCUT2D eigenvalue weighted by Gasteiger charge is -2.24. The van der Waals surface area contributed by atoms with Crippen LogP contribution in [0, 0.1) is 12.7 Å². The minimum Gasteiger partial charge on any atom is -0.350 e. The number of carbonyl (C=O) groups excluding carboxylic acids is 1. The summed E-state index contributed by atoms with van der Waals surface area (Å²) in [5.41, 5.74) is 0.548. The number of hydrogen-bond acceptors (Lipinski definition) is 4. The third kappa shape index (κ3) is 5.11. The van der Waals surface area contributed by atoms with Crippen LogP contribution in [0.15, 0.2) is 53.7 Å². The molecule has 0 atom stereocenters. The summed E-state index contributed by atoms with van der Waals surface area (Å²) in [6.45, 7) is 5.13. The molecule has 10 heteroatoms. The molecule has 2 aromatic carbocycles. The number of imidazole rings is 1. The average molecular weight is 479 g/mol. The van der Waals surface area contributed by atoms with Crippen molar-refractivity contribution in [2.45, 2.75) is 38.4 Å². The van der Waals surface area contributed by atoms with Crippen molar-refractivity contribution in [3.8, 4) is 0 Å². The van der Waals surface area contributed by atoms with Gasteiger partial charge in [0.05, 0.1) is 17.8 Å². The van der Waals surface area contributed by atoms with Gasteiger partial charge in [0, 0.05) is 24.3 Å². The summed E-state index contributed by atoms with van der Waals surface area (Å²) in [7, 11) is -2.44. The van der Waals surface area contributed by atoms with E-state index in [1.807, 2.05) is 0 Å². The highest BCUT2D eigenvalue weighted by atomic mass is 35.5. The fourth-order valence-electron chi connectivity index (χ4n) is 3.02. The van der Waals surface area contributed by atoms with E-state index in [0.717, 1.165) is 10.4 Å². The lowest BCUT2D eigenvalue weighted by atomic mass is 10.1. The number of rotatable bonds is 7. The summed E-state index contributed by atoms with van der Waals surface area (Å²) in [6.07, 6.45) is 1.41. The van der Waals surface area contributed by atoms with E-state index in [9.17, 15) is 17.6 Å². The Balaban J connectivity index is 2.12. The molecule has 3 aromatic rings. The maximum Gasteiger partial charge on any atom is 0.283 e. The highest BCUT2D eigenvalue weighted by molar-refractivity contribution is 7.92. The molecule has 0 bridgehead atoms. The van der Waals surface area contributed by atoms with E-state index in [1.165, 1.54) is 18.3 Å². The number of benzene rings is 2. The van der Waals surface area contributed by atoms with Crippen molar-refractivity contribution in [1.82, 2.24) is 14.9 Å². The van der Waals surface area contributed by atoms with E-state index in [-0.39, 0.29) is 28.9 Å². The third-order valence-corrected chi connectivity index (χ3v) is 6.68. The van der Waals surface area contributed by atoms with Gasteiger partial charge in [-0.2, -0.15) is 8.42 Å². The predicted molar refractivity (Wildman–Crippen MR) is 122 cm³/mol. The molecule has 1 N–H and O–H groups in total. The van der Waals surface area contributed by atoms with E-state index >= 15 is 0 Å². The van der Waals surface area contributed by atoms with Crippen molar-refractivity contribution >= 4 is 33.2 Å². The summed E-state index contributed by atoms with van der Waals surface area (Å²) in [5, 5.41) is 2.99. The lowest BCUT2D eigenvalue weighted by Crippen LogP contribution is -2.33. The molecule has 0 saturated carbocycles. The Bertz CT molecular complexity index is 1220. The number of nitrogens with one attached hydrogen (secondary N) is 1. The van der Waals surface area contributed by atoms with Gasteiger partial charge >= 0.3 is 0 Å². The minimum absolute atomic E-state index is 0.0635. The van der Waals surface area contributed by atoms with Crippen molar-refractivity contribution in [2.24, 2.45) is 7.05 Å². The van der Waals surface area contributed by atoms with Gasteiger partial charge in [-0.25, -0.2) is 9.37 Å². The molecule has 1 aromatic heterocycles. The first-order chi connectivity index (χ1) is 15.0. The number of halogens is 2. The van der Waals surface area contributed by atoms with Crippen LogP contribution in [0.25, 0.3) is 0 Å². The van der Waals surface area contributed by atoms with Crippen LogP contribution in [0.1, 0.15) is 35.6 Å². The first-order valence-electron chi connectivity index (χ1n) is 9.86. The zero-order valence-corrected chi connectivity index (χ0v) is 19.7. The third-order valence-electron chi connectivity index (χ3n) is 4.78. The van der Waals surface area contributed by atoms with Gasteiger partial charge in [0.15, 0.2) is 5.03 Å². The number of amides is 1. The average Bonchev–Trinajstić information content (AvgIpc) is 3.07. The number of carbonyl (C=O) groups is 1. The van der Waals surface area contributed by atoms with E-state index < -0.39 is 21.7 Å². The molecule has 3 rings (SSSR count). The fourth-order valence-corrected chi connectivity index (χ4v) is 4.62. The van der Waals surface area contributed by atoms with Crippen molar-refractivity contribution in [3.63, 3.8) is 0 Å². The molecule has 0 fully saturated rings. The van der Waals surface area contributed by atoms with Crippen molar-refractivity contribution in [1.29, 1.82) is 0 Å². The van der Waals surface area contributed by atoms with Crippen LogP contribution >= 0.6 is 11.6 Å². The highest BCUT2D eigenvalue weighted by Crippen LogP contribution is 2.28. The molecule has 1 amide bonds. The Hall–Kier alpha value is -2.91. The van der Waals surface area contributed by atoms with E-state index in [2.05, 4.69) is 10.3 Å². The largest absolute Gasteiger partial charge is 0.350 e. The van der Waals surface area contributed by atoms with Gasteiger partial charge in [-0.05, 0) is 56.7 Å². The molecule has 0 unspecified atom stereocenters. The number of sulfonamides is 1. The Morgan fingerprint density at radius 3 is 2.44 bits per heavy atom. The second-order valence-corrected chi connectivity index (χ2v) is 9.91.